The Morgan fingerprint density at radius 3 is 3.00 bits per heavy atom. The number of benzene rings is 1. The summed E-state index contributed by atoms with van der Waals surface area (Å²) < 4.78 is 2.00. The van der Waals surface area contributed by atoms with Crippen molar-refractivity contribution in [1.29, 1.82) is 0 Å². The van der Waals surface area contributed by atoms with Gasteiger partial charge in [0.1, 0.15) is 0 Å². The Labute approximate surface area is 110 Å². The first kappa shape index (κ1) is 12.6. The highest BCUT2D eigenvalue weighted by Gasteiger charge is 2.11. The van der Waals surface area contributed by atoms with E-state index in [1.807, 2.05) is 34.5 Å². The number of nitrogens with zero attached hydrogens (tertiary/aromatic N) is 2. The molecule has 92 valence electrons. The maximum atomic E-state index is 6.20. The molecule has 2 aromatic rings. The number of para-hydroxylation sites is 1. The van der Waals surface area contributed by atoms with Crippen LogP contribution in [-0.4, -0.2) is 21.1 Å². The van der Waals surface area contributed by atoms with Crippen LogP contribution < -0.4 is 5.73 Å². The number of hydrogen-bond donors (Lipinski definition) is 1. The van der Waals surface area contributed by atoms with Crippen molar-refractivity contribution in [3.63, 3.8) is 0 Å². The summed E-state index contributed by atoms with van der Waals surface area (Å²) in [5.74, 6) is 0.543. The third kappa shape index (κ3) is 2.53. The second-order valence-electron chi connectivity index (χ2n) is 4.06. The van der Waals surface area contributed by atoms with Crippen molar-refractivity contribution < 1.29 is 0 Å². The molecule has 5 heteroatoms. The second kappa shape index (κ2) is 5.19. The molecule has 0 bridgehead atoms. The molecular formula is C12H16ClN3S. The highest BCUT2D eigenvalue weighted by Crippen LogP contribution is 2.26. The molecule has 0 aliphatic heterocycles. The van der Waals surface area contributed by atoms with Crippen LogP contribution in [0.4, 0.5) is 5.95 Å². The van der Waals surface area contributed by atoms with E-state index in [1.165, 1.54) is 0 Å². The van der Waals surface area contributed by atoms with Gasteiger partial charge in [-0.25, -0.2) is 4.98 Å². The van der Waals surface area contributed by atoms with Crippen molar-refractivity contribution in [3.05, 3.63) is 23.2 Å². The molecule has 1 atom stereocenters. The maximum Gasteiger partial charge on any atom is 0.201 e. The van der Waals surface area contributed by atoms with Gasteiger partial charge < -0.3 is 10.3 Å². The lowest BCUT2D eigenvalue weighted by Gasteiger charge is -2.11. The van der Waals surface area contributed by atoms with Crippen molar-refractivity contribution >= 4 is 40.3 Å². The van der Waals surface area contributed by atoms with E-state index in [1.54, 1.807) is 0 Å². The molecule has 0 saturated heterocycles. The summed E-state index contributed by atoms with van der Waals surface area (Å²) in [5, 5.41) is 1.32. The molecule has 1 unspecified atom stereocenters. The molecular weight excluding hydrogens is 254 g/mol. The number of halogens is 1. The lowest BCUT2D eigenvalue weighted by Crippen LogP contribution is -2.07. The SMILES string of the molecule is CSC(C)CCn1c(N)nc2cccc(Cl)c21. The van der Waals surface area contributed by atoms with Crippen molar-refractivity contribution in [2.75, 3.05) is 12.0 Å². The number of imidazole rings is 1. The van der Waals surface area contributed by atoms with Crippen molar-refractivity contribution in [1.82, 2.24) is 9.55 Å². The van der Waals surface area contributed by atoms with Crippen LogP contribution in [0.2, 0.25) is 5.02 Å². The van der Waals surface area contributed by atoms with Gasteiger partial charge in [0.05, 0.1) is 16.1 Å². The average molecular weight is 270 g/mol. The van der Waals surface area contributed by atoms with Crippen molar-refractivity contribution in [2.24, 2.45) is 0 Å². The van der Waals surface area contributed by atoms with Gasteiger partial charge in [-0.15, -0.1) is 0 Å². The fraction of sp³-hybridized carbons (Fsp3) is 0.417. The fourth-order valence-corrected chi connectivity index (χ4v) is 2.43. The molecule has 0 radical (unpaired) electrons. The van der Waals surface area contributed by atoms with Crippen LogP contribution >= 0.6 is 23.4 Å². The smallest absolute Gasteiger partial charge is 0.201 e. The van der Waals surface area contributed by atoms with E-state index in [0.29, 0.717) is 16.2 Å². The Morgan fingerprint density at radius 1 is 1.53 bits per heavy atom. The largest absolute Gasteiger partial charge is 0.369 e. The molecule has 17 heavy (non-hydrogen) atoms. The second-order valence-corrected chi connectivity index (χ2v) is 5.75. The van der Waals surface area contributed by atoms with Gasteiger partial charge in [0, 0.05) is 11.8 Å². The van der Waals surface area contributed by atoms with Crippen LogP contribution in [0.15, 0.2) is 18.2 Å². The number of thioether (sulfide) groups is 1. The molecule has 0 aliphatic carbocycles. The standard InChI is InChI=1S/C12H16ClN3S/c1-8(17-2)6-7-16-11-9(13)4-3-5-10(11)15-12(16)14/h3-5,8H,6-7H2,1-2H3,(H2,14,15). The molecule has 3 nitrogen and oxygen atoms in total. The summed E-state index contributed by atoms with van der Waals surface area (Å²) in [4.78, 5) is 4.33. The van der Waals surface area contributed by atoms with Gasteiger partial charge in [-0.2, -0.15) is 11.8 Å². The number of hydrogen-bond acceptors (Lipinski definition) is 3. The van der Waals surface area contributed by atoms with Crippen LogP contribution in [-0.2, 0) is 6.54 Å². The molecule has 1 aromatic heterocycles. The Balaban J connectivity index is 2.35. The van der Waals surface area contributed by atoms with Gasteiger partial charge in [-0.05, 0) is 24.8 Å². The predicted molar refractivity (Wildman–Crippen MR) is 76.7 cm³/mol. The van der Waals surface area contributed by atoms with Crippen LogP contribution in [0.5, 0.6) is 0 Å². The van der Waals surface area contributed by atoms with Crippen LogP contribution in [0.3, 0.4) is 0 Å². The topological polar surface area (TPSA) is 43.8 Å². The number of rotatable bonds is 4. The first-order valence-electron chi connectivity index (χ1n) is 5.56. The lowest BCUT2D eigenvalue weighted by atomic mass is 10.3. The van der Waals surface area contributed by atoms with Gasteiger partial charge in [-0.1, -0.05) is 24.6 Å². The van der Waals surface area contributed by atoms with E-state index in [2.05, 4.69) is 18.2 Å². The van der Waals surface area contributed by atoms with Gasteiger partial charge in [0.25, 0.3) is 0 Å². The molecule has 0 saturated carbocycles. The van der Waals surface area contributed by atoms with Crippen LogP contribution in [0.25, 0.3) is 11.0 Å². The Bertz CT molecular complexity index is 524. The molecule has 2 rings (SSSR count). The zero-order chi connectivity index (χ0) is 12.4. The Hall–Kier alpha value is -0.870. The fourth-order valence-electron chi connectivity index (χ4n) is 1.81. The number of nitrogen functional groups attached to an aromatic ring is 1. The average Bonchev–Trinajstić information content (AvgIpc) is 2.63. The number of aryl methyl sites for hydroxylation is 1. The monoisotopic (exact) mass is 269 g/mol. The molecule has 0 fully saturated rings. The van der Waals surface area contributed by atoms with E-state index in [-0.39, 0.29) is 0 Å². The summed E-state index contributed by atoms with van der Waals surface area (Å²) in [6.45, 7) is 3.07. The third-order valence-corrected chi connectivity index (χ3v) is 4.25. The maximum absolute atomic E-state index is 6.20. The highest BCUT2D eigenvalue weighted by atomic mass is 35.5. The summed E-state index contributed by atoms with van der Waals surface area (Å²) in [5.41, 5.74) is 7.75. The summed E-state index contributed by atoms with van der Waals surface area (Å²) >= 11 is 8.06. The third-order valence-electron chi connectivity index (χ3n) is 2.91. The molecule has 0 amide bonds. The van der Waals surface area contributed by atoms with Crippen LogP contribution in [0, 0.1) is 0 Å². The minimum Gasteiger partial charge on any atom is -0.369 e. The molecule has 1 aromatic carbocycles. The first-order chi connectivity index (χ1) is 8.13. The number of nitrogens with two attached hydrogens (primary N) is 1. The van der Waals surface area contributed by atoms with Gasteiger partial charge >= 0.3 is 0 Å². The van der Waals surface area contributed by atoms with Crippen molar-refractivity contribution in [2.45, 2.75) is 25.1 Å². The summed E-state index contributed by atoms with van der Waals surface area (Å²) in [7, 11) is 0. The lowest BCUT2D eigenvalue weighted by molar-refractivity contribution is 0.663. The van der Waals surface area contributed by atoms with E-state index < -0.39 is 0 Å². The van der Waals surface area contributed by atoms with E-state index in [9.17, 15) is 0 Å². The Kier molecular flexibility index (Phi) is 3.84. The first-order valence-corrected chi connectivity index (χ1v) is 7.23. The number of aromatic nitrogens is 2. The minimum absolute atomic E-state index is 0.543. The quantitative estimate of drug-likeness (QED) is 0.925. The van der Waals surface area contributed by atoms with Gasteiger partial charge in [-0.3, -0.25) is 0 Å². The van der Waals surface area contributed by atoms with Gasteiger partial charge in [0.15, 0.2) is 0 Å². The Morgan fingerprint density at radius 2 is 2.29 bits per heavy atom. The zero-order valence-electron chi connectivity index (χ0n) is 9.98. The summed E-state index contributed by atoms with van der Waals surface area (Å²) in [6.07, 6.45) is 3.18. The highest BCUT2D eigenvalue weighted by molar-refractivity contribution is 7.99. The van der Waals surface area contributed by atoms with E-state index >= 15 is 0 Å². The van der Waals surface area contributed by atoms with E-state index in [4.69, 9.17) is 17.3 Å². The number of fused-ring (bicyclic) bond motifs is 1. The predicted octanol–water partition coefficient (Wildman–Crippen LogP) is 3.41. The molecule has 0 aliphatic rings. The molecule has 0 spiro atoms. The number of anilines is 1. The van der Waals surface area contributed by atoms with Crippen molar-refractivity contribution in [3.8, 4) is 0 Å². The molecule has 2 N–H and O–H groups in total. The molecule has 1 heterocycles. The normalized spacial score (nSPS) is 13.1. The minimum atomic E-state index is 0.543. The summed E-state index contributed by atoms with van der Waals surface area (Å²) in [6, 6.07) is 5.71. The zero-order valence-corrected chi connectivity index (χ0v) is 11.6. The van der Waals surface area contributed by atoms with Crippen LogP contribution in [0.1, 0.15) is 13.3 Å². The van der Waals surface area contributed by atoms with Gasteiger partial charge in [0.2, 0.25) is 5.95 Å². The van der Waals surface area contributed by atoms with E-state index in [0.717, 1.165) is 24.0 Å².